The zero-order valence-corrected chi connectivity index (χ0v) is 12.0. The fourth-order valence-electron chi connectivity index (χ4n) is 2.46. The molecule has 1 N–H and O–H groups in total. The Labute approximate surface area is 122 Å². The number of amides is 1. The highest BCUT2D eigenvalue weighted by atomic mass is 16.5. The van der Waals surface area contributed by atoms with Crippen molar-refractivity contribution in [2.24, 2.45) is 0 Å². The molecule has 0 saturated carbocycles. The van der Waals surface area contributed by atoms with Crippen LogP contribution in [0.5, 0.6) is 0 Å². The first-order valence-electron chi connectivity index (χ1n) is 6.60. The molecule has 0 bridgehead atoms. The van der Waals surface area contributed by atoms with Crippen molar-refractivity contribution in [2.45, 2.75) is 31.8 Å². The largest absolute Gasteiger partial charge is 0.480 e. The number of methoxy groups -OCH3 is 1. The van der Waals surface area contributed by atoms with Gasteiger partial charge in [-0.2, -0.15) is 0 Å². The maximum absolute atomic E-state index is 12.4. The van der Waals surface area contributed by atoms with Gasteiger partial charge in [-0.1, -0.05) is 18.2 Å². The van der Waals surface area contributed by atoms with Gasteiger partial charge in [0.2, 0.25) is 0 Å². The summed E-state index contributed by atoms with van der Waals surface area (Å²) in [5, 5.41) is 9.53. The van der Waals surface area contributed by atoms with Crippen LogP contribution in [-0.2, 0) is 20.9 Å². The first-order chi connectivity index (χ1) is 9.90. The molecule has 0 fully saturated rings. The quantitative estimate of drug-likeness (QED) is 0.830. The van der Waals surface area contributed by atoms with E-state index < -0.39 is 17.5 Å². The number of nitrogens with zero attached hydrogens (tertiary/aromatic N) is 1. The molecule has 21 heavy (non-hydrogen) atoms. The van der Waals surface area contributed by atoms with E-state index in [9.17, 15) is 19.5 Å². The Hall–Kier alpha value is -2.37. The molecule has 1 aromatic carbocycles. The maximum Gasteiger partial charge on any atom is 0.329 e. The van der Waals surface area contributed by atoms with Crippen molar-refractivity contribution in [3.05, 3.63) is 35.4 Å². The first-order valence-corrected chi connectivity index (χ1v) is 6.60. The maximum atomic E-state index is 12.4. The highest BCUT2D eigenvalue weighted by molar-refractivity contribution is 6.01. The van der Waals surface area contributed by atoms with Crippen molar-refractivity contribution in [3.63, 3.8) is 0 Å². The second-order valence-corrected chi connectivity index (χ2v) is 5.20. The van der Waals surface area contributed by atoms with E-state index in [1.165, 1.54) is 18.9 Å². The number of carbonyl (C=O) groups excluding carboxylic acids is 2. The zero-order chi connectivity index (χ0) is 15.6. The Morgan fingerprint density at radius 2 is 2.05 bits per heavy atom. The van der Waals surface area contributed by atoms with Crippen LogP contribution in [0, 0.1) is 0 Å². The monoisotopic (exact) mass is 291 g/mol. The fraction of sp³-hybridized carbons (Fsp3) is 0.400. The minimum absolute atomic E-state index is 0.00867. The smallest absolute Gasteiger partial charge is 0.329 e. The Balaban J connectivity index is 2.26. The van der Waals surface area contributed by atoms with Gasteiger partial charge < -0.3 is 14.7 Å². The molecule has 6 heteroatoms. The van der Waals surface area contributed by atoms with Crippen molar-refractivity contribution in [3.8, 4) is 0 Å². The molecule has 0 spiro atoms. The molecular weight excluding hydrogens is 274 g/mol. The van der Waals surface area contributed by atoms with Gasteiger partial charge in [-0.15, -0.1) is 0 Å². The summed E-state index contributed by atoms with van der Waals surface area (Å²) in [4.78, 5) is 36.7. The van der Waals surface area contributed by atoms with Crippen molar-refractivity contribution < 1.29 is 24.2 Å². The van der Waals surface area contributed by atoms with E-state index in [1.54, 1.807) is 18.2 Å². The molecule has 1 amide bonds. The van der Waals surface area contributed by atoms with E-state index >= 15 is 0 Å². The summed E-state index contributed by atoms with van der Waals surface area (Å²) in [6.07, 6.45) is -0.0475. The molecule has 0 aromatic heterocycles. The molecule has 0 saturated heterocycles. The molecular formula is C15H17NO5. The molecule has 6 nitrogen and oxygen atoms in total. The van der Waals surface area contributed by atoms with E-state index in [4.69, 9.17) is 0 Å². The third-order valence-electron chi connectivity index (χ3n) is 3.92. The van der Waals surface area contributed by atoms with Gasteiger partial charge in [0.15, 0.2) is 0 Å². The number of esters is 1. The summed E-state index contributed by atoms with van der Waals surface area (Å²) in [5.41, 5.74) is -0.124. The summed E-state index contributed by atoms with van der Waals surface area (Å²) >= 11 is 0. The second-order valence-electron chi connectivity index (χ2n) is 5.20. The van der Waals surface area contributed by atoms with Crippen molar-refractivity contribution in [1.29, 1.82) is 0 Å². The molecule has 1 atom stereocenters. The van der Waals surface area contributed by atoms with Gasteiger partial charge in [0.1, 0.15) is 5.54 Å². The molecule has 0 aliphatic carbocycles. The molecule has 1 heterocycles. The lowest BCUT2D eigenvalue weighted by molar-refractivity contribution is -0.150. The van der Waals surface area contributed by atoms with E-state index in [-0.39, 0.29) is 25.3 Å². The van der Waals surface area contributed by atoms with Crippen LogP contribution in [-0.4, -0.2) is 40.5 Å². The number of carboxylic acids is 1. The van der Waals surface area contributed by atoms with Gasteiger partial charge in [-0.3, -0.25) is 9.59 Å². The van der Waals surface area contributed by atoms with Gasteiger partial charge in [0.05, 0.1) is 7.11 Å². The third kappa shape index (κ3) is 2.61. The average Bonchev–Trinajstić information content (AvgIpc) is 2.82. The van der Waals surface area contributed by atoms with Gasteiger partial charge in [-0.05, 0) is 25.0 Å². The van der Waals surface area contributed by atoms with Gasteiger partial charge in [-0.25, -0.2) is 4.79 Å². The minimum Gasteiger partial charge on any atom is -0.480 e. The Kier molecular flexibility index (Phi) is 3.97. The summed E-state index contributed by atoms with van der Waals surface area (Å²) in [5.74, 6) is -1.94. The van der Waals surface area contributed by atoms with E-state index in [0.29, 0.717) is 5.56 Å². The van der Waals surface area contributed by atoms with Crippen molar-refractivity contribution >= 4 is 17.8 Å². The summed E-state index contributed by atoms with van der Waals surface area (Å²) in [6.45, 7) is 1.70. The number of carbonyl (C=O) groups is 3. The lowest BCUT2D eigenvalue weighted by Gasteiger charge is -2.34. The van der Waals surface area contributed by atoms with E-state index in [0.717, 1.165) is 5.56 Å². The third-order valence-corrected chi connectivity index (χ3v) is 3.92. The van der Waals surface area contributed by atoms with Gasteiger partial charge in [0, 0.05) is 18.5 Å². The number of benzene rings is 1. The van der Waals surface area contributed by atoms with Crippen LogP contribution in [0.25, 0.3) is 0 Å². The highest BCUT2D eigenvalue weighted by Crippen LogP contribution is 2.32. The number of carboxylic acid groups (broad SMARTS) is 1. The van der Waals surface area contributed by atoms with Crippen LogP contribution in [0.4, 0.5) is 0 Å². The SMILES string of the molecule is COC(=O)CC[C@@](C)(C(=O)O)N1Cc2ccccc2C1=O. The standard InChI is InChI=1S/C15H17NO5/c1-15(14(19)20,8-7-12(17)21-2)16-9-10-5-3-4-6-11(10)13(16)18/h3-6H,7-9H2,1-2H3,(H,19,20)/t15-/m0/s1. The van der Waals surface area contributed by atoms with Crippen LogP contribution in [0.2, 0.25) is 0 Å². The number of rotatable bonds is 5. The number of hydrogen-bond acceptors (Lipinski definition) is 4. The number of aliphatic carboxylic acids is 1. The van der Waals surface area contributed by atoms with Crippen LogP contribution >= 0.6 is 0 Å². The normalized spacial score (nSPS) is 16.3. The summed E-state index contributed by atoms with van der Waals surface area (Å²) in [6, 6.07) is 7.03. The van der Waals surface area contributed by atoms with Gasteiger partial charge >= 0.3 is 11.9 Å². The lowest BCUT2D eigenvalue weighted by atomic mass is 9.93. The first kappa shape index (κ1) is 15.0. The van der Waals surface area contributed by atoms with Crippen molar-refractivity contribution in [1.82, 2.24) is 4.90 Å². The van der Waals surface area contributed by atoms with Crippen LogP contribution in [0.1, 0.15) is 35.7 Å². The molecule has 1 aliphatic rings. The number of hydrogen-bond donors (Lipinski definition) is 1. The molecule has 112 valence electrons. The molecule has 0 radical (unpaired) electrons. The Morgan fingerprint density at radius 3 is 2.62 bits per heavy atom. The predicted octanol–water partition coefficient (Wildman–Crippen LogP) is 1.44. The summed E-state index contributed by atoms with van der Waals surface area (Å²) < 4.78 is 4.54. The van der Waals surface area contributed by atoms with E-state index in [2.05, 4.69) is 4.74 Å². The fourth-order valence-corrected chi connectivity index (χ4v) is 2.46. The van der Waals surface area contributed by atoms with Crippen LogP contribution in [0.15, 0.2) is 24.3 Å². The molecule has 0 unspecified atom stereocenters. The van der Waals surface area contributed by atoms with Crippen LogP contribution in [0.3, 0.4) is 0 Å². The summed E-state index contributed by atoms with van der Waals surface area (Å²) in [7, 11) is 1.25. The minimum atomic E-state index is -1.44. The Morgan fingerprint density at radius 1 is 1.38 bits per heavy atom. The topological polar surface area (TPSA) is 83.9 Å². The number of ether oxygens (including phenoxy) is 1. The van der Waals surface area contributed by atoms with Crippen molar-refractivity contribution in [2.75, 3.05) is 7.11 Å². The van der Waals surface area contributed by atoms with Gasteiger partial charge in [0.25, 0.3) is 5.91 Å². The number of fused-ring (bicyclic) bond motifs is 1. The predicted molar refractivity (Wildman–Crippen MR) is 73.6 cm³/mol. The zero-order valence-electron chi connectivity index (χ0n) is 12.0. The highest BCUT2D eigenvalue weighted by Gasteiger charge is 2.46. The average molecular weight is 291 g/mol. The Bertz CT molecular complexity index is 597. The molecule has 1 aromatic rings. The van der Waals surface area contributed by atoms with Crippen LogP contribution < -0.4 is 0 Å². The lowest BCUT2D eigenvalue weighted by Crippen LogP contribution is -2.52. The molecule has 2 rings (SSSR count). The second kappa shape index (κ2) is 5.55. The molecule has 1 aliphatic heterocycles. The van der Waals surface area contributed by atoms with E-state index in [1.807, 2.05) is 6.07 Å².